The number of para-hydroxylation sites is 1. The van der Waals surface area contributed by atoms with Gasteiger partial charge < -0.3 is 15.0 Å². The lowest BCUT2D eigenvalue weighted by Gasteiger charge is -2.24. The average Bonchev–Trinajstić information content (AvgIpc) is 3.04. The van der Waals surface area contributed by atoms with E-state index in [0.717, 1.165) is 5.56 Å². The Bertz CT molecular complexity index is 1110. The van der Waals surface area contributed by atoms with Crippen LogP contribution in [0.3, 0.4) is 0 Å². The number of carbonyl (C=O) groups is 2. The van der Waals surface area contributed by atoms with E-state index in [4.69, 9.17) is 17.0 Å². The molecule has 2 aromatic carbocycles. The molecule has 1 saturated heterocycles. The molecule has 0 aliphatic carbocycles. The summed E-state index contributed by atoms with van der Waals surface area (Å²) >= 11 is 5.68. The predicted molar refractivity (Wildman–Crippen MR) is 126 cm³/mol. The fourth-order valence-electron chi connectivity index (χ4n) is 3.58. The van der Waals surface area contributed by atoms with Gasteiger partial charge in [-0.3, -0.25) is 19.5 Å². The van der Waals surface area contributed by atoms with Crippen molar-refractivity contribution in [1.82, 2.24) is 9.88 Å². The van der Waals surface area contributed by atoms with Gasteiger partial charge in [0.15, 0.2) is 5.11 Å². The molecule has 7 nitrogen and oxygen atoms in total. The van der Waals surface area contributed by atoms with Crippen LogP contribution in [-0.4, -0.2) is 40.0 Å². The summed E-state index contributed by atoms with van der Waals surface area (Å²) in [6, 6.07) is 19.3. The van der Waals surface area contributed by atoms with Gasteiger partial charge in [-0.2, -0.15) is 0 Å². The highest BCUT2D eigenvalue weighted by atomic mass is 32.1. The first kappa shape index (κ1) is 21.5. The number of thiocarbonyl (C=S) groups is 1. The summed E-state index contributed by atoms with van der Waals surface area (Å²) in [5.74, 6) is 0.201. The minimum Gasteiger partial charge on any atom is -0.497 e. The smallest absolute Gasteiger partial charge is 0.256 e. The van der Waals surface area contributed by atoms with Gasteiger partial charge in [-0.1, -0.05) is 18.2 Å². The SMILES string of the molecule is COc1ccc(NC(=O)CC2C(=O)N(c3ccccc3)C(=S)N2Cc2ccncc2)cc1. The Balaban J connectivity index is 1.56. The molecule has 1 aliphatic rings. The normalized spacial score (nSPS) is 15.7. The van der Waals surface area contributed by atoms with Crippen LogP contribution in [0.2, 0.25) is 0 Å². The van der Waals surface area contributed by atoms with Crippen LogP contribution in [0.15, 0.2) is 79.1 Å². The molecule has 2 heterocycles. The Morgan fingerprint density at radius 1 is 1.06 bits per heavy atom. The lowest BCUT2D eigenvalue weighted by molar-refractivity contribution is -0.124. The van der Waals surface area contributed by atoms with Crippen LogP contribution in [0.25, 0.3) is 0 Å². The zero-order chi connectivity index (χ0) is 22.5. The van der Waals surface area contributed by atoms with Crippen molar-refractivity contribution in [3.63, 3.8) is 0 Å². The first-order chi connectivity index (χ1) is 15.6. The highest BCUT2D eigenvalue weighted by Gasteiger charge is 2.44. The number of methoxy groups -OCH3 is 1. The first-order valence-electron chi connectivity index (χ1n) is 10.1. The summed E-state index contributed by atoms with van der Waals surface area (Å²) in [4.78, 5) is 33.5. The van der Waals surface area contributed by atoms with E-state index in [-0.39, 0.29) is 18.2 Å². The van der Waals surface area contributed by atoms with E-state index in [2.05, 4.69) is 10.3 Å². The van der Waals surface area contributed by atoms with Crippen molar-refractivity contribution in [2.45, 2.75) is 19.0 Å². The van der Waals surface area contributed by atoms with Gasteiger partial charge in [0.2, 0.25) is 5.91 Å². The number of anilines is 2. The molecule has 4 rings (SSSR count). The molecule has 8 heteroatoms. The fraction of sp³-hybridized carbons (Fsp3) is 0.167. The maximum atomic E-state index is 13.4. The van der Waals surface area contributed by atoms with Gasteiger partial charge in [-0.15, -0.1) is 0 Å². The van der Waals surface area contributed by atoms with E-state index in [0.29, 0.717) is 28.8 Å². The highest BCUT2D eigenvalue weighted by Crippen LogP contribution is 2.28. The van der Waals surface area contributed by atoms with Crippen LogP contribution in [0.4, 0.5) is 11.4 Å². The van der Waals surface area contributed by atoms with Crippen LogP contribution in [0.1, 0.15) is 12.0 Å². The molecule has 2 amide bonds. The van der Waals surface area contributed by atoms with Crippen molar-refractivity contribution in [2.75, 3.05) is 17.3 Å². The number of pyridine rings is 1. The lowest BCUT2D eigenvalue weighted by Crippen LogP contribution is -2.37. The molecule has 0 spiro atoms. The van der Waals surface area contributed by atoms with E-state index in [1.54, 1.807) is 48.7 Å². The minimum absolute atomic E-state index is 0.0284. The third kappa shape index (κ3) is 4.60. The second-order valence-electron chi connectivity index (χ2n) is 7.27. The molecule has 1 aliphatic heterocycles. The summed E-state index contributed by atoms with van der Waals surface area (Å²) < 4.78 is 5.14. The molecule has 32 heavy (non-hydrogen) atoms. The van der Waals surface area contributed by atoms with E-state index in [9.17, 15) is 9.59 Å². The standard InChI is InChI=1S/C24H22N4O3S/c1-31-20-9-7-18(8-10-20)26-22(29)15-21-23(30)28(19-5-3-2-4-6-19)24(32)27(21)16-17-11-13-25-14-12-17/h2-14,21H,15-16H2,1H3,(H,26,29). The number of carbonyl (C=O) groups excluding carboxylic acids is 2. The molecule has 162 valence electrons. The van der Waals surface area contributed by atoms with Crippen molar-refractivity contribution < 1.29 is 14.3 Å². The van der Waals surface area contributed by atoms with Gasteiger partial charge >= 0.3 is 0 Å². The Morgan fingerprint density at radius 3 is 2.41 bits per heavy atom. The third-order valence-corrected chi connectivity index (χ3v) is 5.60. The third-order valence-electron chi connectivity index (χ3n) is 5.19. The summed E-state index contributed by atoms with van der Waals surface area (Å²) in [6.07, 6.45) is 3.35. The number of benzene rings is 2. The van der Waals surface area contributed by atoms with Crippen molar-refractivity contribution in [3.05, 3.63) is 84.7 Å². The zero-order valence-electron chi connectivity index (χ0n) is 17.5. The topological polar surface area (TPSA) is 74.8 Å². The summed E-state index contributed by atoms with van der Waals surface area (Å²) in [7, 11) is 1.58. The van der Waals surface area contributed by atoms with E-state index in [1.165, 1.54) is 4.90 Å². The summed E-state index contributed by atoms with van der Waals surface area (Å²) in [5.41, 5.74) is 2.26. The molecule has 0 radical (unpaired) electrons. The van der Waals surface area contributed by atoms with E-state index < -0.39 is 6.04 Å². The quantitative estimate of drug-likeness (QED) is 0.559. The average molecular weight is 447 g/mol. The highest BCUT2D eigenvalue weighted by molar-refractivity contribution is 7.80. The Morgan fingerprint density at radius 2 is 1.75 bits per heavy atom. The van der Waals surface area contributed by atoms with Crippen LogP contribution < -0.4 is 15.0 Å². The van der Waals surface area contributed by atoms with Gasteiger partial charge in [-0.05, 0) is 66.3 Å². The number of hydrogen-bond acceptors (Lipinski definition) is 5. The lowest BCUT2D eigenvalue weighted by atomic mass is 10.1. The van der Waals surface area contributed by atoms with Gasteiger partial charge in [0, 0.05) is 24.6 Å². The maximum absolute atomic E-state index is 13.4. The van der Waals surface area contributed by atoms with Crippen molar-refractivity contribution in [3.8, 4) is 5.75 Å². The van der Waals surface area contributed by atoms with Crippen LogP contribution in [0, 0.1) is 0 Å². The number of aromatic nitrogens is 1. The number of amides is 2. The van der Waals surface area contributed by atoms with E-state index >= 15 is 0 Å². The molecule has 0 saturated carbocycles. The van der Waals surface area contributed by atoms with Gasteiger partial charge in [-0.25, -0.2) is 0 Å². The molecule has 1 aromatic heterocycles. The molecular weight excluding hydrogens is 424 g/mol. The van der Waals surface area contributed by atoms with Crippen LogP contribution in [-0.2, 0) is 16.1 Å². The fourth-order valence-corrected chi connectivity index (χ4v) is 3.96. The molecule has 0 bridgehead atoms. The molecule has 3 aromatic rings. The number of nitrogens with zero attached hydrogens (tertiary/aromatic N) is 3. The summed E-state index contributed by atoms with van der Waals surface area (Å²) in [5, 5.41) is 3.22. The monoisotopic (exact) mass is 446 g/mol. The maximum Gasteiger partial charge on any atom is 0.256 e. The molecular formula is C24H22N4O3S. The zero-order valence-corrected chi connectivity index (χ0v) is 18.3. The van der Waals surface area contributed by atoms with Crippen molar-refractivity contribution in [2.24, 2.45) is 0 Å². The van der Waals surface area contributed by atoms with Gasteiger partial charge in [0.1, 0.15) is 11.8 Å². The Kier molecular flexibility index (Phi) is 6.42. The van der Waals surface area contributed by atoms with Crippen LogP contribution in [0.5, 0.6) is 5.75 Å². The Labute approximate surface area is 191 Å². The molecule has 1 atom stereocenters. The van der Waals surface area contributed by atoms with Crippen LogP contribution >= 0.6 is 12.2 Å². The second-order valence-corrected chi connectivity index (χ2v) is 7.64. The van der Waals surface area contributed by atoms with Crippen molar-refractivity contribution in [1.29, 1.82) is 0 Å². The Hall–Kier alpha value is -3.78. The number of nitrogens with one attached hydrogen (secondary N) is 1. The molecule has 1 fully saturated rings. The number of hydrogen-bond donors (Lipinski definition) is 1. The first-order valence-corrected chi connectivity index (χ1v) is 10.5. The van der Waals surface area contributed by atoms with Gasteiger partial charge in [0.05, 0.1) is 19.2 Å². The largest absolute Gasteiger partial charge is 0.497 e. The molecule has 1 unspecified atom stereocenters. The molecule has 1 N–H and O–H groups in total. The predicted octanol–water partition coefficient (Wildman–Crippen LogP) is 3.62. The second kappa shape index (κ2) is 9.57. The number of ether oxygens (including phenoxy) is 1. The van der Waals surface area contributed by atoms with Crippen molar-refractivity contribution >= 4 is 40.5 Å². The minimum atomic E-state index is -0.714. The van der Waals surface area contributed by atoms with E-state index in [1.807, 2.05) is 42.5 Å². The summed E-state index contributed by atoms with van der Waals surface area (Å²) in [6.45, 7) is 0.400. The number of rotatable bonds is 7. The van der Waals surface area contributed by atoms with Gasteiger partial charge in [0.25, 0.3) is 5.91 Å².